The van der Waals surface area contributed by atoms with Crippen molar-refractivity contribution in [3.8, 4) is 0 Å². The van der Waals surface area contributed by atoms with Crippen LogP contribution in [0.5, 0.6) is 0 Å². The Hall–Kier alpha value is -1.14. The fraction of sp³-hybridized carbons (Fsp3) is 0.750. The number of nitrogens with one attached hydrogen (secondary N) is 2. The first-order valence-electron chi connectivity index (χ1n) is 4.49. The van der Waals surface area contributed by atoms with Gasteiger partial charge in [0.2, 0.25) is 5.91 Å². The van der Waals surface area contributed by atoms with Crippen LogP contribution in [0.25, 0.3) is 0 Å². The molecule has 1 atom stereocenters. The number of carbonyl (C=O) groups excluding carboxylic acids is 2. The van der Waals surface area contributed by atoms with Crippen molar-refractivity contribution in [3.63, 3.8) is 0 Å². The lowest BCUT2D eigenvalue weighted by Crippen LogP contribution is -2.59. The highest BCUT2D eigenvalue weighted by Gasteiger charge is 2.32. The number of aliphatic hydroxyl groups excluding tert-OH is 1. The molecule has 0 bridgehead atoms. The first-order valence-corrected chi connectivity index (χ1v) is 4.49. The molecular formula is C8H15N3O3. The second-order valence-corrected chi connectivity index (χ2v) is 3.35. The Morgan fingerprint density at radius 3 is 2.50 bits per heavy atom. The Balaban J connectivity index is 2.33. The molecule has 1 rings (SSSR count). The van der Waals surface area contributed by atoms with Crippen molar-refractivity contribution in [1.29, 1.82) is 0 Å². The number of imide groups is 1. The van der Waals surface area contributed by atoms with Gasteiger partial charge in [0, 0.05) is 20.1 Å². The minimum Gasteiger partial charge on any atom is -0.390 e. The number of likely N-dealkylation sites (tertiary alicyclic amines) is 1. The number of aliphatic hydroxyl groups is 1. The van der Waals surface area contributed by atoms with E-state index in [1.807, 2.05) is 0 Å². The Bertz CT molecular complexity index is 238. The Labute approximate surface area is 82.3 Å². The topological polar surface area (TPSA) is 81.7 Å². The molecule has 3 amide bonds. The zero-order valence-electron chi connectivity index (χ0n) is 8.28. The molecule has 0 aliphatic carbocycles. The van der Waals surface area contributed by atoms with Crippen molar-refractivity contribution >= 4 is 11.9 Å². The van der Waals surface area contributed by atoms with E-state index < -0.39 is 6.03 Å². The van der Waals surface area contributed by atoms with Crippen LogP contribution in [0.2, 0.25) is 0 Å². The van der Waals surface area contributed by atoms with Crippen LogP contribution in [-0.4, -0.2) is 54.2 Å². The lowest BCUT2D eigenvalue weighted by atomic mass is 10.1. The number of urea groups is 1. The minimum absolute atomic E-state index is 0.342. The second-order valence-electron chi connectivity index (χ2n) is 3.35. The van der Waals surface area contributed by atoms with Gasteiger partial charge < -0.3 is 10.4 Å². The predicted octanol–water partition coefficient (Wildman–Crippen LogP) is -1.49. The lowest BCUT2D eigenvalue weighted by Gasteiger charge is -2.39. The maximum absolute atomic E-state index is 11.4. The van der Waals surface area contributed by atoms with E-state index in [0.29, 0.717) is 13.1 Å². The van der Waals surface area contributed by atoms with Crippen molar-refractivity contribution in [2.75, 3.05) is 20.1 Å². The molecule has 3 N–H and O–H groups in total. The van der Waals surface area contributed by atoms with Crippen molar-refractivity contribution in [3.05, 3.63) is 0 Å². The van der Waals surface area contributed by atoms with Crippen LogP contribution in [0.3, 0.4) is 0 Å². The van der Waals surface area contributed by atoms with Crippen LogP contribution >= 0.6 is 0 Å². The van der Waals surface area contributed by atoms with E-state index in [-0.39, 0.29) is 18.1 Å². The number of nitrogens with zero attached hydrogens (tertiary/aromatic N) is 1. The molecule has 1 aliphatic rings. The van der Waals surface area contributed by atoms with Crippen LogP contribution in [0, 0.1) is 0 Å². The van der Waals surface area contributed by atoms with E-state index in [2.05, 4.69) is 10.6 Å². The number of carbonyl (C=O) groups is 2. The first kappa shape index (κ1) is 10.9. The maximum atomic E-state index is 11.4. The number of hydrogen-bond acceptors (Lipinski definition) is 4. The molecule has 0 spiro atoms. The SMILES string of the molecule is CNC(=O)NC(=O)C(C)N1CC(O)C1. The van der Waals surface area contributed by atoms with Crippen molar-refractivity contribution in [1.82, 2.24) is 15.5 Å². The molecule has 0 aromatic rings. The monoisotopic (exact) mass is 201 g/mol. The van der Waals surface area contributed by atoms with Gasteiger partial charge in [-0.1, -0.05) is 0 Å². The molecule has 0 aromatic carbocycles. The highest BCUT2D eigenvalue weighted by atomic mass is 16.3. The molecule has 1 unspecified atom stereocenters. The van der Waals surface area contributed by atoms with Gasteiger partial charge in [-0.15, -0.1) is 0 Å². The normalized spacial score (nSPS) is 19.6. The molecule has 0 saturated carbocycles. The summed E-state index contributed by atoms with van der Waals surface area (Å²) in [5.74, 6) is -0.351. The number of rotatable bonds is 2. The Kier molecular flexibility index (Phi) is 3.43. The van der Waals surface area contributed by atoms with Gasteiger partial charge in [0.1, 0.15) is 0 Å². The van der Waals surface area contributed by atoms with E-state index in [0.717, 1.165) is 0 Å². The fourth-order valence-corrected chi connectivity index (χ4v) is 1.25. The molecule has 0 radical (unpaired) electrons. The maximum Gasteiger partial charge on any atom is 0.321 e. The summed E-state index contributed by atoms with van der Waals surface area (Å²) in [6, 6.07) is -0.890. The standard InChI is InChI=1S/C8H15N3O3/c1-5(11-3-6(12)4-11)7(13)10-8(14)9-2/h5-6,12H,3-4H2,1-2H3,(H2,9,10,13,14). The van der Waals surface area contributed by atoms with Gasteiger partial charge in [0.15, 0.2) is 0 Å². The number of amides is 3. The van der Waals surface area contributed by atoms with Crippen LogP contribution < -0.4 is 10.6 Å². The summed E-state index contributed by atoms with van der Waals surface area (Å²) < 4.78 is 0. The van der Waals surface area contributed by atoms with Gasteiger partial charge >= 0.3 is 6.03 Å². The molecule has 14 heavy (non-hydrogen) atoms. The zero-order chi connectivity index (χ0) is 10.7. The van der Waals surface area contributed by atoms with Crippen LogP contribution in [0.4, 0.5) is 4.79 Å². The van der Waals surface area contributed by atoms with Crippen molar-refractivity contribution in [2.24, 2.45) is 0 Å². The summed E-state index contributed by atoms with van der Waals surface area (Å²) in [7, 11) is 1.45. The largest absolute Gasteiger partial charge is 0.390 e. The van der Waals surface area contributed by atoms with Crippen LogP contribution in [0.15, 0.2) is 0 Å². The fourth-order valence-electron chi connectivity index (χ4n) is 1.25. The summed E-state index contributed by atoms with van der Waals surface area (Å²) in [5, 5.41) is 13.5. The molecule has 1 fully saturated rings. The minimum atomic E-state index is -0.511. The summed E-state index contributed by atoms with van der Waals surface area (Å²) >= 11 is 0. The average molecular weight is 201 g/mol. The molecule has 0 aromatic heterocycles. The highest BCUT2D eigenvalue weighted by molar-refractivity contribution is 5.96. The van der Waals surface area contributed by atoms with Gasteiger partial charge in [-0.3, -0.25) is 15.0 Å². The molecule has 1 saturated heterocycles. The summed E-state index contributed by atoms with van der Waals surface area (Å²) in [6.07, 6.45) is -0.342. The van der Waals surface area contributed by atoms with E-state index in [4.69, 9.17) is 5.11 Å². The van der Waals surface area contributed by atoms with Crippen LogP contribution in [0.1, 0.15) is 6.92 Å². The lowest BCUT2D eigenvalue weighted by molar-refractivity contribution is -0.129. The summed E-state index contributed by atoms with van der Waals surface area (Å²) in [5.41, 5.74) is 0. The first-order chi connectivity index (χ1) is 6.54. The summed E-state index contributed by atoms with van der Waals surface area (Å²) in [6.45, 7) is 2.68. The van der Waals surface area contributed by atoms with E-state index in [1.165, 1.54) is 7.05 Å². The number of β-amino-alcohol motifs (C(OH)–C–C–N with tert-alkyl or cyclic N) is 1. The average Bonchev–Trinajstić information content (AvgIpc) is 2.11. The zero-order valence-corrected chi connectivity index (χ0v) is 8.28. The van der Waals surface area contributed by atoms with Crippen molar-refractivity contribution < 1.29 is 14.7 Å². The molecule has 1 heterocycles. The van der Waals surface area contributed by atoms with Gasteiger partial charge in [0.05, 0.1) is 12.1 Å². The molecule has 6 heteroatoms. The van der Waals surface area contributed by atoms with E-state index >= 15 is 0 Å². The Morgan fingerprint density at radius 2 is 2.07 bits per heavy atom. The molecule has 80 valence electrons. The number of hydrogen-bond donors (Lipinski definition) is 3. The van der Waals surface area contributed by atoms with Gasteiger partial charge in [-0.2, -0.15) is 0 Å². The smallest absolute Gasteiger partial charge is 0.321 e. The van der Waals surface area contributed by atoms with Gasteiger partial charge in [-0.25, -0.2) is 4.79 Å². The van der Waals surface area contributed by atoms with Crippen molar-refractivity contribution in [2.45, 2.75) is 19.1 Å². The quantitative estimate of drug-likeness (QED) is 0.508. The van der Waals surface area contributed by atoms with Crippen LogP contribution in [-0.2, 0) is 4.79 Å². The third-order valence-corrected chi connectivity index (χ3v) is 2.28. The third kappa shape index (κ3) is 2.43. The van der Waals surface area contributed by atoms with Gasteiger partial charge in [0.25, 0.3) is 0 Å². The molecular weight excluding hydrogens is 186 g/mol. The predicted molar refractivity (Wildman–Crippen MR) is 49.6 cm³/mol. The third-order valence-electron chi connectivity index (χ3n) is 2.28. The summed E-state index contributed by atoms with van der Waals surface area (Å²) in [4.78, 5) is 24.0. The Morgan fingerprint density at radius 1 is 1.50 bits per heavy atom. The molecule has 1 aliphatic heterocycles. The van der Waals surface area contributed by atoms with E-state index in [9.17, 15) is 9.59 Å². The molecule has 6 nitrogen and oxygen atoms in total. The highest BCUT2D eigenvalue weighted by Crippen LogP contribution is 2.11. The second kappa shape index (κ2) is 4.39. The van der Waals surface area contributed by atoms with Gasteiger partial charge in [-0.05, 0) is 6.92 Å². The van der Waals surface area contributed by atoms with E-state index in [1.54, 1.807) is 11.8 Å².